The third kappa shape index (κ3) is 1.61. The van der Waals surface area contributed by atoms with Crippen LogP contribution >= 0.6 is 0 Å². The molecule has 0 aliphatic heterocycles. The maximum Gasteiger partial charge on any atom is 0.0494 e. The first-order valence-corrected chi connectivity index (χ1v) is 7.58. The summed E-state index contributed by atoms with van der Waals surface area (Å²) < 4.78 is 2.55. The van der Waals surface area contributed by atoms with Gasteiger partial charge in [0.05, 0.1) is 0 Å². The van der Waals surface area contributed by atoms with E-state index in [1.54, 1.807) is 0 Å². The lowest BCUT2D eigenvalue weighted by molar-refractivity contribution is 0.405. The number of aromatic nitrogens is 1. The fourth-order valence-electron chi connectivity index (χ4n) is 3.94. The van der Waals surface area contributed by atoms with Crippen molar-refractivity contribution in [1.82, 2.24) is 4.57 Å². The zero-order chi connectivity index (χ0) is 13.5. The highest BCUT2D eigenvalue weighted by Gasteiger charge is 2.29. The Kier molecular flexibility index (Phi) is 2.78. The standard InChI is InChI=1S/C18H20N2/c19-12-13-6-5-11-16(13)20-17-9-3-1-7-14(17)15-8-2-4-10-18(15)20/h1-4,7-10,13,16H,5-6,11-12,19H2. The van der Waals surface area contributed by atoms with Crippen LogP contribution in [0.5, 0.6) is 0 Å². The average molecular weight is 264 g/mol. The summed E-state index contributed by atoms with van der Waals surface area (Å²) in [5, 5.41) is 2.73. The molecule has 0 spiro atoms. The monoisotopic (exact) mass is 264 g/mol. The van der Waals surface area contributed by atoms with Crippen LogP contribution in [0.15, 0.2) is 48.5 Å². The maximum atomic E-state index is 6.01. The molecule has 2 unspecified atom stereocenters. The summed E-state index contributed by atoms with van der Waals surface area (Å²) in [7, 11) is 0. The number of fused-ring (bicyclic) bond motifs is 3. The fraction of sp³-hybridized carbons (Fsp3) is 0.333. The molecule has 1 aliphatic carbocycles. The van der Waals surface area contributed by atoms with E-state index >= 15 is 0 Å². The second-order valence-electron chi connectivity index (χ2n) is 5.90. The zero-order valence-electron chi connectivity index (χ0n) is 11.6. The van der Waals surface area contributed by atoms with Crippen molar-refractivity contribution in [3.05, 3.63) is 48.5 Å². The van der Waals surface area contributed by atoms with E-state index in [9.17, 15) is 0 Å². The topological polar surface area (TPSA) is 30.9 Å². The molecule has 2 atom stereocenters. The molecule has 0 saturated heterocycles. The van der Waals surface area contributed by atoms with Gasteiger partial charge in [-0.15, -0.1) is 0 Å². The molecule has 2 aromatic carbocycles. The number of nitrogens with two attached hydrogens (primary N) is 1. The van der Waals surface area contributed by atoms with Crippen molar-refractivity contribution in [2.75, 3.05) is 6.54 Å². The Labute approximate surface area is 119 Å². The van der Waals surface area contributed by atoms with Crippen LogP contribution in [0.1, 0.15) is 25.3 Å². The van der Waals surface area contributed by atoms with E-state index in [4.69, 9.17) is 5.73 Å². The Hall–Kier alpha value is -1.80. The van der Waals surface area contributed by atoms with Crippen LogP contribution in [-0.4, -0.2) is 11.1 Å². The Bertz CT molecular complexity index is 703. The van der Waals surface area contributed by atoms with E-state index in [1.807, 2.05) is 0 Å². The molecule has 1 aromatic heterocycles. The predicted molar refractivity (Wildman–Crippen MR) is 84.9 cm³/mol. The molecule has 1 heterocycles. The zero-order valence-corrected chi connectivity index (χ0v) is 11.6. The molecule has 102 valence electrons. The summed E-state index contributed by atoms with van der Waals surface area (Å²) in [5.74, 6) is 0.620. The molecule has 20 heavy (non-hydrogen) atoms. The Morgan fingerprint density at radius 1 is 0.900 bits per heavy atom. The van der Waals surface area contributed by atoms with Crippen molar-refractivity contribution < 1.29 is 0 Å². The lowest BCUT2D eigenvalue weighted by Crippen LogP contribution is -2.21. The lowest BCUT2D eigenvalue weighted by Gasteiger charge is -2.22. The summed E-state index contributed by atoms with van der Waals surface area (Å²) in [6.45, 7) is 0.797. The van der Waals surface area contributed by atoms with Crippen molar-refractivity contribution in [3.63, 3.8) is 0 Å². The van der Waals surface area contributed by atoms with Crippen molar-refractivity contribution in [3.8, 4) is 0 Å². The molecule has 0 bridgehead atoms. The van der Waals surface area contributed by atoms with Gasteiger partial charge in [-0.3, -0.25) is 0 Å². The number of benzene rings is 2. The minimum absolute atomic E-state index is 0.560. The first-order chi connectivity index (χ1) is 9.90. The van der Waals surface area contributed by atoms with E-state index in [1.165, 1.54) is 41.1 Å². The average Bonchev–Trinajstić information content (AvgIpc) is 3.08. The van der Waals surface area contributed by atoms with E-state index in [-0.39, 0.29) is 0 Å². The minimum Gasteiger partial charge on any atom is -0.337 e. The Morgan fingerprint density at radius 3 is 2.10 bits per heavy atom. The SMILES string of the molecule is NCC1CCCC1n1c2ccccc2c2ccccc21. The maximum absolute atomic E-state index is 6.01. The molecule has 0 amide bonds. The molecule has 3 aromatic rings. The van der Waals surface area contributed by atoms with Gasteiger partial charge in [0.15, 0.2) is 0 Å². The first kappa shape index (κ1) is 12.0. The molecular formula is C18H20N2. The number of rotatable bonds is 2. The van der Waals surface area contributed by atoms with Crippen LogP contribution in [-0.2, 0) is 0 Å². The smallest absolute Gasteiger partial charge is 0.0494 e. The molecule has 2 nitrogen and oxygen atoms in total. The first-order valence-electron chi connectivity index (χ1n) is 7.58. The quantitative estimate of drug-likeness (QED) is 0.742. The Morgan fingerprint density at radius 2 is 1.50 bits per heavy atom. The van der Waals surface area contributed by atoms with Crippen LogP contribution in [0, 0.1) is 5.92 Å². The van der Waals surface area contributed by atoms with E-state index in [0.717, 1.165) is 6.54 Å². The normalized spacial score (nSPS) is 22.9. The van der Waals surface area contributed by atoms with E-state index in [0.29, 0.717) is 12.0 Å². The van der Waals surface area contributed by atoms with Gasteiger partial charge in [0.2, 0.25) is 0 Å². The number of hydrogen-bond acceptors (Lipinski definition) is 1. The van der Waals surface area contributed by atoms with Gasteiger partial charge < -0.3 is 10.3 Å². The highest BCUT2D eigenvalue weighted by atomic mass is 15.0. The fourth-order valence-corrected chi connectivity index (χ4v) is 3.94. The molecule has 0 radical (unpaired) electrons. The highest BCUT2D eigenvalue weighted by Crippen LogP contribution is 2.41. The van der Waals surface area contributed by atoms with Gasteiger partial charge in [-0.1, -0.05) is 42.8 Å². The number of nitrogens with zero attached hydrogens (tertiary/aromatic N) is 1. The molecule has 2 heteroatoms. The second kappa shape index (κ2) is 4.64. The highest BCUT2D eigenvalue weighted by molar-refractivity contribution is 6.08. The van der Waals surface area contributed by atoms with Gasteiger partial charge in [-0.2, -0.15) is 0 Å². The summed E-state index contributed by atoms with van der Waals surface area (Å²) in [6.07, 6.45) is 3.82. The molecule has 4 rings (SSSR count). The molecule has 2 N–H and O–H groups in total. The van der Waals surface area contributed by atoms with Crippen molar-refractivity contribution in [1.29, 1.82) is 0 Å². The van der Waals surface area contributed by atoms with Gasteiger partial charge in [0.25, 0.3) is 0 Å². The lowest BCUT2D eigenvalue weighted by atomic mass is 10.0. The molecular weight excluding hydrogens is 244 g/mol. The van der Waals surface area contributed by atoms with Crippen molar-refractivity contribution in [2.24, 2.45) is 11.7 Å². The van der Waals surface area contributed by atoms with Crippen molar-refractivity contribution >= 4 is 21.8 Å². The molecule has 1 aliphatic rings. The predicted octanol–water partition coefficient (Wildman–Crippen LogP) is 4.09. The van der Waals surface area contributed by atoms with Gasteiger partial charge in [0.1, 0.15) is 0 Å². The summed E-state index contributed by atoms with van der Waals surface area (Å²) in [5.41, 5.74) is 8.73. The number of hydrogen-bond donors (Lipinski definition) is 1. The summed E-state index contributed by atoms with van der Waals surface area (Å²) in [4.78, 5) is 0. The van der Waals surface area contributed by atoms with E-state index in [2.05, 4.69) is 53.1 Å². The van der Waals surface area contributed by atoms with Crippen LogP contribution in [0.25, 0.3) is 21.8 Å². The van der Waals surface area contributed by atoms with Crippen LogP contribution in [0.3, 0.4) is 0 Å². The minimum atomic E-state index is 0.560. The number of para-hydroxylation sites is 2. The van der Waals surface area contributed by atoms with Gasteiger partial charge in [-0.05, 0) is 37.4 Å². The third-order valence-electron chi connectivity index (χ3n) is 4.87. The van der Waals surface area contributed by atoms with Gasteiger partial charge >= 0.3 is 0 Å². The summed E-state index contributed by atoms with van der Waals surface area (Å²) in [6, 6.07) is 18.1. The van der Waals surface area contributed by atoms with Gasteiger partial charge in [-0.25, -0.2) is 0 Å². The largest absolute Gasteiger partial charge is 0.337 e. The van der Waals surface area contributed by atoms with Crippen LogP contribution < -0.4 is 5.73 Å². The second-order valence-corrected chi connectivity index (χ2v) is 5.90. The van der Waals surface area contributed by atoms with Crippen LogP contribution in [0.2, 0.25) is 0 Å². The van der Waals surface area contributed by atoms with E-state index < -0.39 is 0 Å². The summed E-state index contributed by atoms with van der Waals surface area (Å²) >= 11 is 0. The van der Waals surface area contributed by atoms with Crippen LogP contribution in [0.4, 0.5) is 0 Å². The third-order valence-corrected chi connectivity index (χ3v) is 4.87. The molecule has 1 fully saturated rings. The Balaban J connectivity index is 2.05. The van der Waals surface area contributed by atoms with Gasteiger partial charge in [0, 0.05) is 27.8 Å². The van der Waals surface area contributed by atoms with Crippen molar-refractivity contribution in [2.45, 2.75) is 25.3 Å². The molecule has 1 saturated carbocycles.